The van der Waals surface area contributed by atoms with Crippen molar-refractivity contribution in [2.45, 2.75) is 25.8 Å². The Bertz CT molecular complexity index is 376. The van der Waals surface area contributed by atoms with Gasteiger partial charge in [-0.2, -0.15) is 0 Å². The van der Waals surface area contributed by atoms with Crippen LogP contribution >= 0.6 is 0 Å². The number of hydrogen-bond acceptors (Lipinski definition) is 4. The molecule has 0 aliphatic carbocycles. The van der Waals surface area contributed by atoms with E-state index in [4.69, 9.17) is 0 Å². The molecule has 1 aromatic heterocycles. The Hall–Kier alpha value is -1.65. The summed E-state index contributed by atoms with van der Waals surface area (Å²) < 4.78 is 0. The maximum atomic E-state index is 11.3. The van der Waals surface area contributed by atoms with Crippen LogP contribution < -0.4 is 5.32 Å². The molecule has 1 amide bonds. The summed E-state index contributed by atoms with van der Waals surface area (Å²) in [4.78, 5) is 21.4. The maximum Gasteiger partial charge on any atom is 0.222 e. The summed E-state index contributed by atoms with van der Waals surface area (Å²) in [6, 6.07) is 0.255. The van der Waals surface area contributed by atoms with Gasteiger partial charge in [-0.1, -0.05) is 0 Å². The first kappa shape index (κ1) is 10.9. The molecule has 1 aliphatic heterocycles. The molecule has 1 aromatic rings. The Morgan fingerprint density at radius 1 is 1.44 bits per heavy atom. The highest BCUT2D eigenvalue weighted by Gasteiger charge is 2.22. The molecule has 1 fully saturated rings. The summed E-state index contributed by atoms with van der Waals surface area (Å²) >= 11 is 0. The highest BCUT2D eigenvalue weighted by molar-refractivity contribution is 5.76. The number of nitrogens with one attached hydrogen (secondary N) is 1. The number of amides is 1. The van der Waals surface area contributed by atoms with Crippen LogP contribution in [0.2, 0.25) is 0 Å². The summed E-state index contributed by atoms with van der Waals surface area (Å²) in [5.41, 5.74) is 1.04. The molecule has 1 atom stereocenters. The van der Waals surface area contributed by atoms with Crippen LogP contribution in [0.3, 0.4) is 0 Å². The third-order valence-electron chi connectivity index (χ3n) is 2.74. The molecule has 1 aliphatic rings. The summed E-state index contributed by atoms with van der Waals surface area (Å²) in [6.45, 7) is 2.67. The van der Waals surface area contributed by atoms with Crippen LogP contribution in [0.1, 0.15) is 18.4 Å². The van der Waals surface area contributed by atoms with Gasteiger partial charge in [-0.25, -0.2) is 9.97 Å². The molecule has 1 unspecified atom stereocenters. The highest BCUT2D eigenvalue weighted by Crippen LogP contribution is 2.13. The number of likely N-dealkylation sites (tertiary alicyclic amines) is 1. The molecule has 16 heavy (non-hydrogen) atoms. The minimum atomic E-state index is 0.211. The lowest BCUT2D eigenvalue weighted by Crippen LogP contribution is -2.43. The molecule has 1 saturated heterocycles. The second kappa shape index (κ2) is 4.47. The third kappa shape index (κ3) is 2.48. The van der Waals surface area contributed by atoms with E-state index in [9.17, 15) is 4.79 Å². The van der Waals surface area contributed by atoms with Gasteiger partial charge in [0, 0.05) is 38.4 Å². The van der Waals surface area contributed by atoms with Crippen molar-refractivity contribution in [2.24, 2.45) is 0 Å². The van der Waals surface area contributed by atoms with Gasteiger partial charge in [-0.3, -0.25) is 4.79 Å². The van der Waals surface area contributed by atoms with Gasteiger partial charge in [-0.15, -0.1) is 0 Å². The zero-order chi connectivity index (χ0) is 11.5. The fraction of sp³-hybridized carbons (Fsp3) is 0.545. The third-order valence-corrected chi connectivity index (χ3v) is 2.74. The Morgan fingerprint density at radius 2 is 2.12 bits per heavy atom. The fourth-order valence-electron chi connectivity index (χ4n) is 1.78. The lowest BCUT2D eigenvalue weighted by atomic mass is 10.1. The van der Waals surface area contributed by atoms with Crippen molar-refractivity contribution in [3.8, 4) is 0 Å². The van der Waals surface area contributed by atoms with E-state index < -0.39 is 0 Å². The average molecular weight is 220 g/mol. The molecule has 1 N–H and O–H groups in total. The first-order valence-electron chi connectivity index (χ1n) is 5.44. The van der Waals surface area contributed by atoms with E-state index in [1.165, 1.54) is 0 Å². The van der Waals surface area contributed by atoms with Crippen molar-refractivity contribution in [3.05, 3.63) is 18.0 Å². The Labute approximate surface area is 94.9 Å². The van der Waals surface area contributed by atoms with E-state index in [0.717, 1.165) is 18.5 Å². The Kier molecular flexibility index (Phi) is 3.03. The van der Waals surface area contributed by atoms with Gasteiger partial charge >= 0.3 is 0 Å². The molecule has 86 valence electrons. The standard InChI is InChI=1S/C11H16N4O/c1-8-5-12-11(13-6-8)14-9-3-4-10(16)15(2)7-9/h5-6,9H,3-4,7H2,1-2H3,(H,12,13,14). The number of nitrogens with zero attached hydrogens (tertiary/aromatic N) is 3. The second-order valence-corrected chi connectivity index (χ2v) is 4.24. The van der Waals surface area contributed by atoms with E-state index in [1.54, 1.807) is 17.3 Å². The van der Waals surface area contributed by atoms with Crippen molar-refractivity contribution in [1.29, 1.82) is 0 Å². The van der Waals surface area contributed by atoms with Crippen LogP contribution in [0.15, 0.2) is 12.4 Å². The number of piperidine rings is 1. The number of carbonyl (C=O) groups is 1. The minimum absolute atomic E-state index is 0.211. The molecule has 0 radical (unpaired) electrons. The normalized spacial score (nSPS) is 21.0. The van der Waals surface area contributed by atoms with E-state index in [-0.39, 0.29) is 11.9 Å². The van der Waals surface area contributed by atoms with Gasteiger partial charge in [0.05, 0.1) is 0 Å². The van der Waals surface area contributed by atoms with Gasteiger partial charge in [0.1, 0.15) is 0 Å². The number of anilines is 1. The first-order valence-corrected chi connectivity index (χ1v) is 5.44. The largest absolute Gasteiger partial charge is 0.350 e. The lowest BCUT2D eigenvalue weighted by molar-refractivity contribution is -0.132. The van der Waals surface area contributed by atoms with Crippen LogP contribution in [0.4, 0.5) is 5.95 Å². The first-order chi connectivity index (χ1) is 7.65. The fourth-order valence-corrected chi connectivity index (χ4v) is 1.78. The molecular formula is C11H16N4O. The molecule has 5 nitrogen and oxygen atoms in total. The number of aromatic nitrogens is 2. The Balaban J connectivity index is 1.95. The molecule has 2 rings (SSSR count). The van der Waals surface area contributed by atoms with E-state index in [2.05, 4.69) is 15.3 Å². The summed E-state index contributed by atoms with van der Waals surface area (Å²) in [7, 11) is 1.83. The topological polar surface area (TPSA) is 58.1 Å². The predicted octanol–water partition coefficient (Wildman–Crippen LogP) is 0.818. The van der Waals surface area contributed by atoms with Crippen molar-refractivity contribution in [2.75, 3.05) is 18.9 Å². The van der Waals surface area contributed by atoms with Crippen LogP contribution in [-0.2, 0) is 4.79 Å². The van der Waals surface area contributed by atoms with E-state index >= 15 is 0 Å². The number of aryl methyl sites for hydroxylation is 1. The molecular weight excluding hydrogens is 204 g/mol. The van der Waals surface area contributed by atoms with Crippen molar-refractivity contribution in [1.82, 2.24) is 14.9 Å². The van der Waals surface area contributed by atoms with Crippen LogP contribution in [0, 0.1) is 6.92 Å². The van der Waals surface area contributed by atoms with Gasteiger partial charge in [0.15, 0.2) is 0 Å². The zero-order valence-corrected chi connectivity index (χ0v) is 9.60. The van der Waals surface area contributed by atoms with Crippen LogP contribution in [0.5, 0.6) is 0 Å². The summed E-state index contributed by atoms with van der Waals surface area (Å²) in [5.74, 6) is 0.848. The number of hydrogen-bond donors (Lipinski definition) is 1. The average Bonchev–Trinajstić information content (AvgIpc) is 2.27. The van der Waals surface area contributed by atoms with Crippen LogP contribution in [0.25, 0.3) is 0 Å². The molecule has 0 saturated carbocycles. The molecule has 5 heteroatoms. The molecule has 0 aromatic carbocycles. The van der Waals surface area contributed by atoms with Crippen molar-refractivity contribution < 1.29 is 4.79 Å². The maximum absolute atomic E-state index is 11.3. The van der Waals surface area contributed by atoms with Crippen LogP contribution in [-0.4, -0.2) is 40.4 Å². The number of carbonyl (C=O) groups excluding carboxylic acids is 1. The predicted molar refractivity (Wildman–Crippen MR) is 61.1 cm³/mol. The minimum Gasteiger partial charge on any atom is -0.350 e. The van der Waals surface area contributed by atoms with E-state index in [0.29, 0.717) is 12.4 Å². The molecule has 2 heterocycles. The summed E-state index contributed by atoms with van der Waals surface area (Å²) in [5, 5.41) is 3.24. The van der Waals surface area contributed by atoms with Gasteiger partial charge in [0.2, 0.25) is 11.9 Å². The zero-order valence-electron chi connectivity index (χ0n) is 9.60. The number of rotatable bonds is 2. The van der Waals surface area contributed by atoms with Gasteiger partial charge in [0.25, 0.3) is 0 Å². The van der Waals surface area contributed by atoms with Gasteiger partial charge in [-0.05, 0) is 18.9 Å². The molecule has 0 bridgehead atoms. The smallest absolute Gasteiger partial charge is 0.222 e. The number of likely N-dealkylation sites (N-methyl/N-ethyl adjacent to an activating group) is 1. The highest BCUT2D eigenvalue weighted by atomic mass is 16.2. The molecule has 0 spiro atoms. The second-order valence-electron chi connectivity index (χ2n) is 4.24. The van der Waals surface area contributed by atoms with Crippen molar-refractivity contribution in [3.63, 3.8) is 0 Å². The quantitative estimate of drug-likeness (QED) is 0.801. The van der Waals surface area contributed by atoms with E-state index in [1.807, 2.05) is 14.0 Å². The lowest BCUT2D eigenvalue weighted by Gasteiger charge is -2.30. The van der Waals surface area contributed by atoms with Crippen molar-refractivity contribution >= 4 is 11.9 Å². The van der Waals surface area contributed by atoms with Gasteiger partial charge < -0.3 is 10.2 Å². The monoisotopic (exact) mass is 220 g/mol. The Morgan fingerprint density at radius 3 is 2.75 bits per heavy atom. The SMILES string of the molecule is Cc1cnc(NC2CCC(=O)N(C)C2)nc1. The summed E-state index contributed by atoms with van der Waals surface area (Å²) in [6.07, 6.45) is 5.01.